The second-order valence-corrected chi connectivity index (χ2v) is 12.3. The van der Waals surface area contributed by atoms with Crippen molar-refractivity contribution in [2.75, 3.05) is 20.5 Å². The highest BCUT2D eigenvalue weighted by Gasteiger charge is 2.59. The summed E-state index contributed by atoms with van der Waals surface area (Å²) in [5, 5.41) is 31.6. The minimum absolute atomic E-state index is 0.00573. The number of aliphatic hydroxyl groups is 3. The van der Waals surface area contributed by atoms with E-state index >= 15 is 0 Å². The van der Waals surface area contributed by atoms with Gasteiger partial charge in [-0.1, -0.05) is 37.1 Å². The van der Waals surface area contributed by atoms with Crippen LogP contribution in [0.25, 0.3) is 0 Å². The van der Waals surface area contributed by atoms with Crippen molar-refractivity contribution in [3.63, 3.8) is 0 Å². The molecular formula is C28H46O6. The summed E-state index contributed by atoms with van der Waals surface area (Å²) in [4.78, 5) is 0. The Morgan fingerprint density at radius 2 is 1.88 bits per heavy atom. The van der Waals surface area contributed by atoms with E-state index in [9.17, 15) is 15.3 Å². The van der Waals surface area contributed by atoms with E-state index in [4.69, 9.17) is 14.2 Å². The van der Waals surface area contributed by atoms with Gasteiger partial charge in [-0.05, 0) is 76.0 Å². The van der Waals surface area contributed by atoms with Gasteiger partial charge in [0, 0.05) is 18.9 Å². The predicted molar refractivity (Wildman–Crippen MR) is 131 cm³/mol. The Morgan fingerprint density at radius 1 is 1.15 bits per heavy atom. The molecule has 0 aromatic rings. The molecule has 0 aromatic carbocycles. The normalized spacial score (nSPS) is 41.6. The van der Waals surface area contributed by atoms with Crippen LogP contribution in [0.2, 0.25) is 0 Å². The quantitative estimate of drug-likeness (QED) is 0.458. The first kappa shape index (κ1) is 26.3. The molecule has 9 atom stereocenters. The average molecular weight is 479 g/mol. The van der Waals surface area contributed by atoms with E-state index in [0.717, 1.165) is 32.1 Å². The summed E-state index contributed by atoms with van der Waals surface area (Å²) in [6.07, 6.45) is 9.29. The lowest BCUT2D eigenvalue weighted by Gasteiger charge is -2.56. The molecule has 0 aliphatic heterocycles. The molecule has 3 N–H and O–H groups in total. The fourth-order valence-electron chi connectivity index (χ4n) is 7.70. The van der Waals surface area contributed by atoms with Gasteiger partial charge in [0.05, 0.1) is 30.5 Å². The van der Waals surface area contributed by atoms with Crippen LogP contribution in [0.3, 0.4) is 0 Å². The van der Waals surface area contributed by atoms with Crippen LogP contribution in [0.5, 0.6) is 0 Å². The van der Waals surface area contributed by atoms with E-state index < -0.39 is 17.8 Å². The second kappa shape index (κ2) is 9.60. The number of allylic oxidation sites excluding steroid dienone is 3. The van der Waals surface area contributed by atoms with Crippen molar-refractivity contribution in [1.29, 1.82) is 0 Å². The van der Waals surface area contributed by atoms with Gasteiger partial charge in [-0.3, -0.25) is 0 Å². The van der Waals surface area contributed by atoms with Crippen LogP contribution in [0.1, 0.15) is 73.1 Å². The van der Waals surface area contributed by atoms with E-state index in [1.807, 2.05) is 0 Å². The standard InChI is InChI=1S/C28H46O6/c1-17(33-15-25(30)26(2,3)31)21-9-10-22-20-8-7-18-13-19(34-16-32-6)14-24(29)28(18,5)23(20)11-12-27(21,22)4/h7-8,17,19,21-25,29-31H,9-16H2,1-6H3/t17-,19+,21+,22-,23-,24-,25?,27+,28-/m0/s1. The van der Waals surface area contributed by atoms with Gasteiger partial charge < -0.3 is 29.5 Å². The molecule has 4 aliphatic carbocycles. The smallest absolute Gasteiger partial charge is 0.146 e. The molecule has 4 rings (SSSR count). The number of aliphatic hydroxyl groups excluding tert-OH is 2. The highest BCUT2D eigenvalue weighted by molar-refractivity contribution is 5.40. The number of ether oxygens (including phenoxy) is 3. The summed E-state index contributed by atoms with van der Waals surface area (Å²) < 4.78 is 17.0. The van der Waals surface area contributed by atoms with E-state index in [1.54, 1.807) is 21.0 Å². The predicted octanol–water partition coefficient (Wildman–Crippen LogP) is 3.98. The Kier molecular flexibility index (Phi) is 7.43. The maximum absolute atomic E-state index is 11.4. The highest BCUT2D eigenvalue weighted by atomic mass is 16.7. The maximum Gasteiger partial charge on any atom is 0.146 e. The molecule has 0 bridgehead atoms. The molecule has 6 nitrogen and oxygen atoms in total. The minimum atomic E-state index is -1.17. The van der Waals surface area contributed by atoms with Gasteiger partial charge in [0.25, 0.3) is 0 Å². The lowest BCUT2D eigenvalue weighted by atomic mass is 9.49. The van der Waals surface area contributed by atoms with Crippen molar-refractivity contribution >= 4 is 0 Å². The zero-order valence-electron chi connectivity index (χ0n) is 21.9. The molecule has 34 heavy (non-hydrogen) atoms. The van der Waals surface area contributed by atoms with Crippen molar-refractivity contribution in [3.05, 3.63) is 23.3 Å². The average Bonchev–Trinajstić information content (AvgIpc) is 3.13. The molecule has 0 heterocycles. The Balaban J connectivity index is 1.51. The summed E-state index contributed by atoms with van der Waals surface area (Å²) in [5.74, 6) is 1.27. The SMILES string of the molecule is COCO[C@@H]1CC2=CC=C3[C@@H]4CC[C@H]([C@H](C)OCC(O)C(C)(C)O)[C@@]4(C)CC[C@@H]3[C@@]2(C)[C@@H](O)C1. The Hall–Kier alpha value is -0.760. The number of hydrogen-bond donors (Lipinski definition) is 3. The number of rotatable bonds is 8. The van der Waals surface area contributed by atoms with Crippen LogP contribution in [0, 0.1) is 28.6 Å². The second-order valence-electron chi connectivity index (χ2n) is 12.3. The Morgan fingerprint density at radius 3 is 2.56 bits per heavy atom. The molecule has 0 spiro atoms. The van der Waals surface area contributed by atoms with Crippen molar-refractivity contribution in [1.82, 2.24) is 0 Å². The van der Waals surface area contributed by atoms with Gasteiger partial charge in [-0.15, -0.1) is 0 Å². The van der Waals surface area contributed by atoms with Crippen LogP contribution < -0.4 is 0 Å². The van der Waals surface area contributed by atoms with Crippen molar-refractivity contribution in [2.45, 2.75) is 103 Å². The number of fused-ring (bicyclic) bond motifs is 5. The van der Waals surface area contributed by atoms with Crippen molar-refractivity contribution < 1.29 is 29.5 Å². The van der Waals surface area contributed by atoms with Gasteiger partial charge in [-0.25, -0.2) is 0 Å². The van der Waals surface area contributed by atoms with E-state index in [0.29, 0.717) is 24.2 Å². The van der Waals surface area contributed by atoms with Crippen LogP contribution in [0.15, 0.2) is 23.3 Å². The molecule has 4 aliphatic rings. The van der Waals surface area contributed by atoms with Crippen LogP contribution in [-0.2, 0) is 14.2 Å². The summed E-state index contributed by atoms with van der Waals surface area (Å²) in [7, 11) is 1.63. The first-order valence-corrected chi connectivity index (χ1v) is 13.1. The lowest BCUT2D eigenvalue weighted by Crippen LogP contribution is -2.53. The zero-order valence-corrected chi connectivity index (χ0v) is 21.9. The fraction of sp³-hybridized carbons (Fsp3) is 0.857. The number of hydrogen-bond acceptors (Lipinski definition) is 6. The molecular weight excluding hydrogens is 432 g/mol. The van der Waals surface area contributed by atoms with Gasteiger partial charge in [0.15, 0.2) is 0 Å². The molecule has 0 amide bonds. The Bertz CT molecular complexity index is 799. The first-order chi connectivity index (χ1) is 15.9. The molecule has 0 saturated heterocycles. The van der Waals surface area contributed by atoms with E-state index in [2.05, 4.69) is 32.9 Å². The third-order valence-electron chi connectivity index (χ3n) is 10.0. The summed E-state index contributed by atoms with van der Waals surface area (Å²) in [6.45, 7) is 10.5. The summed E-state index contributed by atoms with van der Waals surface area (Å²) in [5.41, 5.74) is 1.58. The molecule has 0 aromatic heterocycles. The van der Waals surface area contributed by atoms with E-state index in [-0.39, 0.29) is 36.4 Å². The third-order valence-corrected chi connectivity index (χ3v) is 10.0. The molecule has 1 unspecified atom stereocenters. The van der Waals surface area contributed by atoms with Gasteiger partial charge >= 0.3 is 0 Å². The highest BCUT2D eigenvalue weighted by Crippen LogP contribution is 2.65. The lowest BCUT2D eigenvalue weighted by molar-refractivity contribution is -0.122. The zero-order chi connectivity index (χ0) is 24.9. The Labute approximate surface area is 205 Å². The molecule has 194 valence electrons. The molecule has 3 fully saturated rings. The monoisotopic (exact) mass is 478 g/mol. The largest absolute Gasteiger partial charge is 0.392 e. The first-order valence-electron chi connectivity index (χ1n) is 13.1. The third kappa shape index (κ3) is 4.44. The van der Waals surface area contributed by atoms with Crippen LogP contribution in [-0.4, -0.2) is 65.8 Å². The van der Waals surface area contributed by atoms with Gasteiger partial charge in [-0.2, -0.15) is 0 Å². The van der Waals surface area contributed by atoms with Crippen molar-refractivity contribution in [2.24, 2.45) is 28.6 Å². The summed E-state index contributed by atoms with van der Waals surface area (Å²) >= 11 is 0. The molecule has 6 heteroatoms. The topological polar surface area (TPSA) is 88.4 Å². The van der Waals surface area contributed by atoms with Crippen LogP contribution in [0.4, 0.5) is 0 Å². The number of methoxy groups -OCH3 is 1. The summed E-state index contributed by atoms with van der Waals surface area (Å²) in [6, 6.07) is 0. The maximum atomic E-state index is 11.4. The van der Waals surface area contributed by atoms with Gasteiger partial charge in [0.2, 0.25) is 0 Å². The van der Waals surface area contributed by atoms with E-state index in [1.165, 1.54) is 11.1 Å². The fourth-order valence-corrected chi connectivity index (χ4v) is 7.70. The molecule has 0 radical (unpaired) electrons. The molecule has 3 saturated carbocycles. The van der Waals surface area contributed by atoms with Crippen molar-refractivity contribution in [3.8, 4) is 0 Å². The van der Waals surface area contributed by atoms with Gasteiger partial charge in [0.1, 0.15) is 12.9 Å². The van der Waals surface area contributed by atoms with Crippen LogP contribution >= 0.6 is 0 Å². The minimum Gasteiger partial charge on any atom is -0.392 e.